The lowest BCUT2D eigenvalue weighted by atomic mass is 9.91. The van der Waals surface area contributed by atoms with Gasteiger partial charge in [0.1, 0.15) is 17.5 Å². The zero-order chi connectivity index (χ0) is 26.6. The molecule has 1 N–H and O–H groups in total. The fourth-order valence-electron chi connectivity index (χ4n) is 5.61. The fraction of sp³-hybridized carbons (Fsp3) is 0.367. The topological polar surface area (TPSA) is 108 Å². The number of ether oxygens (including phenoxy) is 1. The van der Waals surface area contributed by atoms with E-state index in [1.54, 1.807) is 12.4 Å². The lowest BCUT2D eigenvalue weighted by Gasteiger charge is -2.33. The van der Waals surface area contributed by atoms with Crippen LogP contribution in [0.5, 0.6) is 0 Å². The molecule has 9 nitrogen and oxygen atoms in total. The standard InChI is InChI=1S/C30H31N7O2/c31-17-26-30(34-25-6-3-22(4-7-25)23-9-14-39-15-10-23)35-29(18-33-26)36-12-1-2-21(19-36)16-27(38)24-5-8-28-32-11-13-37(28)20-24/h3-8,11,13,18,20-21,23H,1-2,9-10,12,14-16,19H2,(H,34,35)/t21-/m0/s1. The molecule has 0 spiro atoms. The van der Waals surface area contributed by atoms with Crippen molar-refractivity contribution in [1.29, 1.82) is 5.26 Å². The van der Waals surface area contributed by atoms with Gasteiger partial charge in [-0.05, 0) is 67.3 Å². The van der Waals surface area contributed by atoms with Crippen molar-refractivity contribution in [3.63, 3.8) is 0 Å². The van der Waals surface area contributed by atoms with E-state index >= 15 is 0 Å². The summed E-state index contributed by atoms with van der Waals surface area (Å²) in [6, 6.07) is 14.2. The number of ketones is 1. The molecule has 5 heterocycles. The van der Waals surface area contributed by atoms with Gasteiger partial charge in [-0.2, -0.15) is 5.26 Å². The van der Waals surface area contributed by atoms with Gasteiger partial charge in [-0.25, -0.2) is 15.0 Å². The van der Waals surface area contributed by atoms with Crippen LogP contribution in [0.25, 0.3) is 5.65 Å². The first-order valence-corrected chi connectivity index (χ1v) is 13.6. The molecule has 2 aliphatic heterocycles. The van der Waals surface area contributed by atoms with Crippen LogP contribution in [-0.4, -0.2) is 51.4 Å². The average molecular weight is 522 g/mol. The van der Waals surface area contributed by atoms with Gasteiger partial charge in [0.15, 0.2) is 17.3 Å². The third kappa shape index (κ3) is 5.61. The van der Waals surface area contributed by atoms with Crippen molar-refractivity contribution in [2.75, 3.05) is 36.5 Å². The maximum absolute atomic E-state index is 13.1. The summed E-state index contributed by atoms with van der Waals surface area (Å²) in [5.41, 5.74) is 3.96. The van der Waals surface area contributed by atoms with E-state index in [2.05, 4.69) is 38.4 Å². The van der Waals surface area contributed by atoms with Gasteiger partial charge in [-0.3, -0.25) is 4.79 Å². The SMILES string of the molecule is N#Cc1ncc(N2CCC[C@@H](CC(=O)c3ccc4nccn4c3)C2)nc1Nc1ccc(C2CCOCC2)cc1. The quantitative estimate of drug-likeness (QED) is 0.334. The molecule has 0 radical (unpaired) electrons. The molecule has 0 bridgehead atoms. The van der Waals surface area contributed by atoms with E-state index in [1.807, 2.05) is 41.1 Å². The summed E-state index contributed by atoms with van der Waals surface area (Å²) in [6.45, 7) is 3.18. The third-order valence-corrected chi connectivity index (χ3v) is 7.76. The predicted octanol–water partition coefficient (Wildman–Crippen LogP) is 5.12. The number of imidazole rings is 1. The zero-order valence-corrected chi connectivity index (χ0v) is 21.8. The number of fused-ring (bicyclic) bond motifs is 1. The van der Waals surface area contributed by atoms with E-state index in [4.69, 9.17) is 9.72 Å². The van der Waals surface area contributed by atoms with Gasteiger partial charge in [0.2, 0.25) is 0 Å². The molecule has 2 fully saturated rings. The van der Waals surface area contributed by atoms with Crippen molar-refractivity contribution in [3.8, 4) is 6.07 Å². The largest absolute Gasteiger partial charge is 0.381 e. The number of nitriles is 1. The Morgan fingerprint density at radius 1 is 1.10 bits per heavy atom. The number of benzene rings is 1. The molecule has 39 heavy (non-hydrogen) atoms. The van der Waals surface area contributed by atoms with Gasteiger partial charge in [0, 0.05) is 62.6 Å². The van der Waals surface area contributed by atoms with Crippen LogP contribution in [0.15, 0.2) is 61.2 Å². The molecule has 3 aromatic heterocycles. The van der Waals surface area contributed by atoms with Gasteiger partial charge in [0.05, 0.1) is 6.20 Å². The number of nitrogens with one attached hydrogen (secondary N) is 1. The van der Waals surface area contributed by atoms with E-state index in [0.717, 1.165) is 63.3 Å². The molecule has 0 amide bonds. The number of carbonyl (C=O) groups excluding carboxylic acids is 1. The molecule has 198 valence electrons. The number of Topliss-reactive ketones (excluding diaryl/α,β-unsaturated/α-hetero) is 1. The Kier molecular flexibility index (Phi) is 7.19. The molecule has 2 saturated heterocycles. The monoisotopic (exact) mass is 521 g/mol. The lowest BCUT2D eigenvalue weighted by molar-refractivity contribution is 0.0853. The lowest BCUT2D eigenvalue weighted by Crippen LogP contribution is -2.37. The molecule has 4 aromatic rings. The van der Waals surface area contributed by atoms with E-state index in [0.29, 0.717) is 29.5 Å². The molecule has 0 saturated carbocycles. The van der Waals surface area contributed by atoms with E-state index in [-0.39, 0.29) is 17.4 Å². The van der Waals surface area contributed by atoms with E-state index in [1.165, 1.54) is 5.56 Å². The van der Waals surface area contributed by atoms with Crippen molar-refractivity contribution in [2.24, 2.45) is 5.92 Å². The Labute approximate surface area is 227 Å². The first kappa shape index (κ1) is 25.0. The maximum Gasteiger partial charge on any atom is 0.183 e. The Hall–Kier alpha value is -4.29. The van der Waals surface area contributed by atoms with Crippen LogP contribution in [0.3, 0.4) is 0 Å². The maximum atomic E-state index is 13.1. The predicted molar refractivity (Wildman–Crippen MR) is 148 cm³/mol. The smallest absolute Gasteiger partial charge is 0.183 e. The van der Waals surface area contributed by atoms with Crippen LogP contribution in [0.4, 0.5) is 17.3 Å². The molecule has 1 aromatic carbocycles. The van der Waals surface area contributed by atoms with Crippen molar-refractivity contribution in [3.05, 3.63) is 78.0 Å². The Bertz CT molecular complexity index is 1500. The minimum atomic E-state index is 0.134. The summed E-state index contributed by atoms with van der Waals surface area (Å²) in [4.78, 5) is 28.7. The number of pyridine rings is 1. The van der Waals surface area contributed by atoms with Crippen molar-refractivity contribution in [1.82, 2.24) is 19.4 Å². The molecule has 1 atom stereocenters. The van der Waals surface area contributed by atoms with Crippen LogP contribution in [0.1, 0.15) is 59.6 Å². The second kappa shape index (κ2) is 11.2. The van der Waals surface area contributed by atoms with Crippen LogP contribution in [-0.2, 0) is 4.74 Å². The molecule has 6 rings (SSSR count). The van der Waals surface area contributed by atoms with Gasteiger partial charge in [-0.15, -0.1) is 0 Å². The minimum absolute atomic E-state index is 0.134. The number of nitrogens with zero attached hydrogens (tertiary/aromatic N) is 6. The van der Waals surface area contributed by atoms with Crippen LogP contribution < -0.4 is 10.2 Å². The molecular weight excluding hydrogens is 490 g/mol. The average Bonchev–Trinajstić information content (AvgIpc) is 3.46. The zero-order valence-electron chi connectivity index (χ0n) is 21.8. The third-order valence-electron chi connectivity index (χ3n) is 7.76. The fourth-order valence-corrected chi connectivity index (χ4v) is 5.61. The summed E-state index contributed by atoms with van der Waals surface area (Å²) in [6.07, 6.45) is 11.6. The van der Waals surface area contributed by atoms with E-state index < -0.39 is 0 Å². The molecule has 2 aliphatic rings. The Morgan fingerprint density at radius 2 is 1.95 bits per heavy atom. The Balaban J connectivity index is 1.13. The molecular formula is C30H31N7O2. The van der Waals surface area contributed by atoms with Crippen molar-refractivity contribution >= 4 is 28.8 Å². The van der Waals surface area contributed by atoms with Crippen molar-refractivity contribution < 1.29 is 9.53 Å². The van der Waals surface area contributed by atoms with Crippen molar-refractivity contribution in [2.45, 2.75) is 38.0 Å². The van der Waals surface area contributed by atoms with Gasteiger partial charge in [0.25, 0.3) is 0 Å². The number of anilines is 3. The first-order chi connectivity index (χ1) is 19.2. The molecule has 0 aliphatic carbocycles. The van der Waals surface area contributed by atoms with Gasteiger partial charge >= 0.3 is 0 Å². The summed E-state index contributed by atoms with van der Waals surface area (Å²) in [7, 11) is 0. The number of aromatic nitrogens is 4. The summed E-state index contributed by atoms with van der Waals surface area (Å²) >= 11 is 0. The number of piperidine rings is 1. The first-order valence-electron chi connectivity index (χ1n) is 13.6. The van der Waals surface area contributed by atoms with Gasteiger partial charge in [-0.1, -0.05) is 12.1 Å². The second-order valence-electron chi connectivity index (χ2n) is 10.4. The Morgan fingerprint density at radius 3 is 2.77 bits per heavy atom. The highest BCUT2D eigenvalue weighted by molar-refractivity contribution is 5.96. The highest BCUT2D eigenvalue weighted by atomic mass is 16.5. The van der Waals surface area contributed by atoms with Crippen LogP contribution >= 0.6 is 0 Å². The summed E-state index contributed by atoms with van der Waals surface area (Å²) in [5, 5.41) is 13.0. The number of rotatable bonds is 7. The van der Waals surface area contributed by atoms with Crippen LogP contribution in [0, 0.1) is 17.2 Å². The number of carbonyl (C=O) groups is 1. The molecule has 0 unspecified atom stereocenters. The van der Waals surface area contributed by atoms with Crippen LogP contribution in [0.2, 0.25) is 0 Å². The summed E-state index contributed by atoms with van der Waals surface area (Å²) in [5.74, 6) is 2.04. The van der Waals surface area contributed by atoms with Gasteiger partial charge < -0.3 is 19.4 Å². The van der Waals surface area contributed by atoms with E-state index in [9.17, 15) is 10.1 Å². The number of hydrogen-bond acceptors (Lipinski definition) is 8. The normalized spacial score (nSPS) is 18.1. The second-order valence-corrected chi connectivity index (χ2v) is 10.4. The minimum Gasteiger partial charge on any atom is -0.381 e. The molecule has 9 heteroatoms. The summed E-state index contributed by atoms with van der Waals surface area (Å²) < 4.78 is 7.36. The number of hydrogen-bond donors (Lipinski definition) is 1. The highest BCUT2D eigenvalue weighted by Crippen LogP contribution is 2.30. The highest BCUT2D eigenvalue weighted by Gasteiger charge is 2.25.